The highest BCUT2D eigenvalue weighted by atomic mass is 32.1. The highest BCUT2D eigenvalue weighted by molar-refractivity contribution is 7.10. The molecule has 1 unspecified atom stereocenters. The van der Waals surface area contributed by atoms with Gasteiger partial charge in [-0.1, -0.05) is 36.4 Å². The van der Waals surface area contributed by atoms with E-state index in [1.165, 1.54) is 17.1 Å². The number of hydrogen-bond acceptors (Lipinski definition) is 6. The molecule has 4 bridgehead atoms. The summed E-state index contributed by atoms with van der Waals surface area (Å²) in [7, 11) is 2.15. The standard InChI is InChI=1S/C20H20N6S/c1-24-10-11-25-17(13-24)14-6-5-7-15(12-14)18(21)26(16-8-3-2-4-9-16)20-22-19(25)23-27-20/h2-9,12,17,21H,10-11,13H2,1H3. The molecule has 1 aromatic heterocycles. The van der Waals surface area contributed by atoms with Gasteiger partial charge in [0.1, 0.15) is 5.84 Å². The molecule has 0 amide bonds. The predicted octanol–water partition coefficient (Wildman–Crippen LogP) is 3.51. The summed E-state index contributed by atoms with van der Waals surface area (Å²) < 4.78 is 4.66. The number of likely N-dealkylation sites (N-methyl/N-ethyl adjacent to an activating group) is 1. The van der Waals surface area contributed by atoms with Gasteiger partial charge in [0.15, 0.2) is 0 Å². The van der Waals surface area contributed by atoms with Crippen LogP contribution in [0.5, 0.6) is 0 Å². The lowest BCUT2D eigenvalue weighted by Gasteiger charge is -2.40. The van der Waals surface area contributed by atoms with Crippen LogP contribution in [0.2, 0.25) is 0 Å². The van der Waals surface area contributed by atoms with Crippen molar-refractivity contribution >= 4 is 34.1 Å². The molecule has 1 saturated heterocycles. The van der Waals surface area contributed by atoms with Gasteiger partial charge >= 0.3 is 0 Å². The van der Waals surface area contributed by atoms with E-state index < -0.39 is 0 Å². The van der Waals surface area contributed by atoms with Crippen LogP contribution in [-0.4, -0.2) is 46.8 Å². The lowest BCUT2D eigenvalue weighted by atomic mass is 9.99. The number of para-hydroxylation sites is 1. The first kappa shape index (κ1) is 16.4. The second-order valence-corrected chi connectivity index (χ2v) is 7.72. The third kappa shape index (κ3) is 2.79. The van der Waals surface area contributed by atoms with E-state index in [-0.39, 0.29) is 6.04 Å². The zero-order valence-corrected chi connectivity index (χ0v) is 15.9. The molecule has 7 heteroatoms. The van der Waals surface area contributed by atoms with Gasteiger partial charge in [-0.05, 0) is 30.8 Å². The number of rotatable bonds is 1. The number of nitrogens with one attached hydrogen (secondary N) is 1. The third-order valence-corrected chi connectivity index (χ3v) is 5.91. The van der Waals surface area contributed by atoms with Gasteiger partial charge in [-0.25, -0.2) is 0 Å². The van der Waals surface area contributed by atoms with E-state index >= 15 is 0 Å². The van der Waals surface area contributed by atoms with Gasteiger partial charge < -0.3 is 9.80 Å². The molecular formula is C20H20N6S. The number of nitrogens with zero attached hydrogens (tertiary/aromatic N) is 5. The van der Waals surface area contributed by atoms with Crippen LogP contribution in [0.15, 0.2) is 54.6 Å². The second kappa shape index (κ2) is 6.44. The molecule has 3 aromatic rings. The van der Waals surface area contributed by atoms with Crippen LogP contribution in [0.4, 0.5) is 16.8 Å². The number of hydrogen-bond donors (Lipinski definition) is 1. The second-order valence-electron chi connectivity index (χ2n) is 6.99. The number of anilines is 3. The molecule has 1 atom stereocenters. The average molecular weight is 376 g/mol. The summed E-state index contributed by atoms with van der Waals surface area (Å²) in [6, 6.07) is 18.5. The van der Waals surface area contributed by atoms with Crippen LogP contribution < -0.4 is 9.80 Å². The fraction of sp³-hybridized carbons (Fsp3) is 0.250. The Hall–Kier alpha value is -2.77. The Morgan fingerprint density at radius 3 is 2.78 bits per heavy atom. The van der Waals surface area contributed by atoms with Crippen molar-refractivity contribution < 1.29 is 0 Å². The van der Waals surface area contributed by atoms with Gasteiger partial charge in [0.25, 0.3) is 0 Å². The van der Waals surface area contributed by atoms with E-state index in [2.05, 4.69) is 39.4 Å². The van der Waals surface area contributed by atoms with Gasteiger partial charge in [0.2, 0.25) is 11.1 Å². The van der Waals surface area contributed by atoms with E-state index in [0.717, 1.165) is 42.0 Å². The highest BCUT2D eigenvalue weighted by Crippen LogP contribution is 2.36. The summed E-state index contributed by atoms with van der Waals surface area (Å²) in [6.07, 6.45) is 0. The molecule has 1 N–H and O–H groups in total. The average Bonchev–Trinajstić information content (AvgIpc) is 3.17. The van der Waals surface area contributed by atoms with Crippen LogP contribution in [-0.2, 0) is 0 Å². The summed E-state index contributed by atoms with van der Waals surface area (Å²) in [5, 5.41) is 9.63. The molecule has 2 aromatic carbocycles. The minimum absolute atomic E-state index is 0.197. The maximum absolute atomic E-state index is 8.90. The predicted molar refractivity (Wildman–Crippen MR) is 109 cm³/mol. The van der Waals surface area contributed by atoms with Crippen molar-refractivity contribution in [2.45, 2.75) is 6.04 Å². The minimum Gasteiger partial charge on any atom is -0.330 e. The number of benzene rings is 2. The molecule has 2 aliphatic rings. The highest BCUT2D eigenvalue weighted by Gasteiger charge is 2.32. The number of amidine groups is 1. The molecule has 6 nitrogen and oxygen atoms in total. The van der Waals surface area contributed by atoms with Gasteiger partial charge in [0, 0.05) is 42.4 Å². The molecule has 27 heavy (non-hydrogen) atoms. The Labute approximate surface area is 162 Å². The van der Waals surface area contributed by atoms with Crippen molar-refractivity contribution in [2.24, 2.45) is 0 Å². The monoisotopic (exact) mass is 376 g/mol. The van der Waals surface area contributed by atoms with E-state index in [1.54, 1.807) is 0 Å². The molecule has 1 fully saturated rings. The van der Waals surface area contributed by atoms with Crippen molar-refractivity contribution in [1.29, 1.82) is 5.41 Å². The van der Waals surface area contributed by atoms with Gasteiger partial charge in [-0.3, -0.25) is 10.3 Å². The fourth-order valence-corrected chi connectivity index (χ4v) is 4.50. The van der Waals surface area contributed by atoms with Gasteiger partial charge in [-0.15, -0.1) is 0 Å². The van der Waals surface area contributed by atoms with Crippen LogP contribution in [0.25, 0.3) is 0 Å². The van der Waals surface area contributed by atoms with Gasteiger partial charge in [-0.2, -0.15) is 9.36 Å². The van der Waals surface area contributed by atoms with E-state index in [0.29, 0.717) is 5.84 Å². The third-order valence-electron chi connectivity index (χ3n) is 5.22. The summed E-state index contributed by atoms with van der Waals surface area (Å²) in [5.74, 6) is 1.18. The fourth-order valence-electron chi connectivity index (χ4n) is 3.79. The molecule has 0 radical (unpaired) electrons. The Kier molecular flexibility index (Phi) is 3.91. The topological polar surface area (TPSA) is 59.4 Å². The lowest BCUT2D eigenvalue weighted by molar-refractivity contribution is 0.267. The van der Waals surface area contributed by atoms with Crippen molar-refractivity contribution in [3.8, 4) is 0 Å². The molecule has 0 aliphatic carbocycles. The molecule has 0 spiro atoms. The number of fused-ring (bicyclic) bond motifs is 7. The number of piperazine rings is 1. The van der Waals surface area contributed by atoms with Gasteiger partial charge in [0.05, 0.1) is 6.04 Å². The van der Waals surface area contributed by atoms with Crippen LogP contribution in [0, 0.1) is 5.41 Å². The normalized spacial score (nSPS) is 19.7. The van der Waals surface area contributed by atoms with E-state index in [4.69, 9.17) is 10.4 Å². The largest absolute Gasteiger partial charge is 0.330 e. The Morgan fingerprint density at radius 1 is 1.07 bits per heavy atom. The van der Waals surface area contributed by atoms with Crippen LogP contribution >= 0.6 is 11.5 Å². The smallest absolute Gasteiger partial charge is 0.239 e. The van der Waals surface area contributed by atoms with E-state index in [1.807, 2.05) is 41.3 Å². The molecule has 3 heterocycles. The summed E-state index contributed by atoms with van der Waals surface area (Å²) in [5.41, 5.74) is 3.02. The SMILES string of the molecule is CN1CCN2c3nsc(n3)N(c3ccccc3)C(=N)c3cccc(c3)C2C1. The Morgan fingerprint density at radius 2 is 1.93 bits per heavy atom. The zero-order chi connectivity index (χ0) is 18.4. The zero-order valence-electron chi connectivity index (χ0n) is 15.0. The number of aromatic nitrogens is 2. The molecule has 5 rings (SSSR count). The first-order chi connectivity index (χ1) is 13.2. The van der Waals surface area contributed by atoms with E-state index in [9.17, 15) is 0 Å². The van der Waals surface area contributed by atoms with Crippen LogP contribution in [0.3, 0.4) is 0 Å². The summed E-state index contributed by atoms with van der Waals surface area (Å²) in [6.45, 7) is 2.81. The maximum Gasteiger partial charge on any atom is 0.239 e. The summed E-state index contributed by atoms with van der Waals surface area (Å²) in [4.78, 5) is 11.4. The maximum atomic E-state index is 8.90. The van der Waals surface area contributed by atoms with Crippen molar-refractivity contribution in [1.82, 2.24) is 14.3 Å². The quantitative estimate of drug-likeness (QED) is 0.704. The Balaban J connectivity index is 1.70. The molecule has 136 valence electrons. The first-order valence-electron chi connectivity index (χ1n) is 9.04. The minimum atomic E-state index is 0.197. The molecular weight excluding hydrogens is 356 g/mol. The lowest BCUT2D eigenvalue weighted by Crippen LogP contribution is -2.47. The van der Waals surface area contributed by atoms with Crippen molar-refractivity contribution in [3.63, 3.8) is 0 Å². The molecule has 2 aliphatic heterocycles. The van der Waals surface area contributed by atoms with Crippen molar-refractivity contribution in [3.05, 3.63) is 65.7 Å². The molecule has 0 saturated carbocycles. The Bertz CT molecular complexity index is 985. The first-order valence-corrected chi connectivity index (χ1v) is 9.81. The van der Waals surface area contributed by atoms with Crippen LogP contribution in [0.1, 0.15) is 17.2 Å². The summed E-state index contributed by atoms with van der Waals surface area (Å²) >= 11 is 1.35. The van der Waals surface area contributed by atoms with Crippen molar-refractivity contribution in [2.75, 3.05) is 36.5 Å².